The van der Waals surface area contributed by atoms with Crippen molar-refractivity contribution in [2.24, 2.45) is 0 Å². The highest BCUT2D eigenvalue weighted by atomic mass is 16.2. The first kappa shape index (κ1) is 15.2. The molecule has 23 heavy (non-hydrogen) atoms. The summed E-state index contributed by atoms with van der Waals surface area (Å²) in [5.74, 6) is -0.210. The van der Waals surface area contributed by atoms with Crippen molar-refractivity contribution in [2.75, 3.05) is 0 Å². The smallest absolute Gasteiger partial charge is 0.274 e. The molecule has 2 heterocycles. The molecule has 118 valence electrons. The minimum atomic E-state index is -0.210. The van der Waals surface area contributed by atoms with Crippen LogP contribution in [0.3, 0.4) is 0 Å². The molecule has 1 N–H and O–H groups in total. The quantitative estimate of drug-likeness (QED) is 0.808. The number of rotatable bonds is 3. The fraction of sp³-hybridized carbons (Fsp3) is 0.278. The molecule has 0 spiro atoms. The van der Waals surface area contributed by atoms with Crippen molar-refractivity contribution < 1.29 is 4.79 Å². The molecule has 0 aliphatic carbocycles. The molecule has 5 heteroatoms. The highest BCUT2D eigenvalue weighted by Crippen LogP contribution is 2.16. The van der Waals surface area contributed by atoms with Gasteiger partial charge in [0, 0.05) is 11.4 Å². The number of carbonyl (C=O) groups is 1. The topological polar surface area (TPSA) is 59.3 Å². The number of aryl methyl sites for hydroxylation is 3. The van der Waals surface area contributed by atoms with E-state index in [9.17, 15) is 4.79 Å². The van der Waals surface area contributed by atoms with Gasteiger partial charge in [0.1, 0.15) is 6.33 Å². The van der Waals surface area contributed by atoms with Gasteiger partial charge in [-0.25, -0.2) is 9.97 Å². The Bertz CT molecular complexity index is 865. The summed E-state index contributed by atoms with van der Waals surface area (Å²) in [7, 11) is 0. The zero-order valence-electron chi connectivity index (χ0n) is 13.8. The average molecular weight is 308 g/mol. The van der Waals surface area contributed by atoms with E-state index in [0.717, 1.165) is 17.0 Å². The van der Waals surface area contributed by atoms with Crippen LogP contribution in [0.15, 0.2) is 36.7 Å². The van der Waals surface area contributed by atoms with Crippen LogP contribution in [0.4, 0.5) is 0 Å². The molecule has 1 amide bonds. The Hall–Kier alpha value is -2.69. The molecule has 2 aromatic heterocycles. The average Bonchev–Trinajstić information content (AvgIpc) is 2.91. The molecule has 0 radical (unpaired) electrons. The maximum Gasteiger partial charge on any atom is 0.274 e. The maximum atomic E-state index is 12.6. The molecule has 1 atom stereocenters. The van der Waals surface area contributed by atoms with Gasteiger partial charge in [-0.3, -0.25) is 9.20 Å². The van der Waals surface area contributed by atoms with Crippen molar-refractivity contribution in [2.45, 2.75) is 33.7 Å². The number of imidazole rings is 1. The van der Waals surface area contributed by atoms with E-state index in [1.54, 1.807) is 6.33 Å². The summed E-state index contributed by atoms with van der Waals surface area (Å²) in [4.78, 5) is 21.3. The molecule has 5 nitrogen and oxygen atoms in total. The molecule has 0 saturated carbocycles. The van der Waals surface area contributed by atoms with Crippen molar-refractivity contribution in [3.63, 3.8) is 0 Å². The second-order valence-electron chi connectivity index (χ2n) is 5.93. The van der Waals surface area contributed by atoms with E-state index >= 15 is 0 Å². The Kier molecular flexibility index (Phi) is 3.86. The third-order valence-electron chi connectivity index (χ3n) is 3.96. The summed E-state index contributed by atoms with van der Waals surface area (Å²) in [5, 5.41) is 2.99. The Morgan fingerprint density at radius 1 is 1.17 bits per heavy atom. The van der Waals surface area contributed by atoms with Gasteiger partial charge >= 0.3 is 0 Å². The first-order valence-electron chi connectivity index (χ1n) is 7.64. The van der Waals surface area contributed by atoms with Crippen LogP contribution < -0.4 is 5.32 Å². The van der Waals surface area contributed by atoms with Crippen molar-refractivity contribution in [3.8, 4) is 0 Å². The lowest BCUT2D eigenvalue weighted by Crippen LogP contribution is -2.27. The standard InChI is InChI=1S/C18H20N4O/c1-11-5-7-15(8-6-11)14(4)21-18(23)16-17-20-12(2)9-13(3)22(17)10-19-16/h5-10,14H,1-4H3,(H,21,23)/t14-/m1/s1. The monoisotopic (exact) mass is 308 g/mol. The molecule has 0 aliphatic rings. The van der Waals surface area contributed by atoms with Crippen LogP contribution in [-0.4, -0.2) is 20.3 Å². The van der Waals surface area contributed by atoms with Gasteiger partial charge in [0.15, 0.2) is 11.3 Å². The molecule has 0 saturated heterocycles. The summed E-state index contributed by atoms with van der Waals surface area (Å²) >= 11 is 0. The number of benzene rings is 1. The first-order valence-corrected chi connectivity index (χ1v) is 7.64. The summed E-state index contributed by atoms with van der Waals surface area (Å²) in [6.45, 7) is 7.89. The maximum absolute atomic E-state index is 12.6. The molecule has 0 fully saturated rings. The van der Waals surface area contributed by atoms with Crippen LogP contribution in [0.2, 0.25) is 0 Å². The molecule has 0 aliphatic heterocycles. The highest BCUT2D eigenvalue weighted by molar-refractivity contribution is 5.98. The van der Waals surface area contributed by atoms with Crippen LogP contribution in [0.25, 0.3) is 5.65 Å². The Morgan fingerprint density at radius 2 is 1.87 bits per heavy atom. The van der Waals surface area contributed by atoms with E-state index < -0.39 is 0 Å². The van der Waals surface area contributed by atoms with Gasteiger partial charge in [0.05, 0.1) is 6.04 Å². The van der Waals surface area contributed by atoms with Crippen molar-refractivity contribution in [1.29, 1.82) is 0 Å². The van der Waals surface area contributed by atoms with Crippen LogP contribution in [0, 0.1) is 20.8 Å². The first-order chi connectivity index (χ1) is 11.0. The van der Waals surface area contributed by atoms with Gasteiger partial charge in [-0.2, -0.15) is 0 Å². The fourth-order valence-electron chi connectivity index (χ4n) is 2.64. The van der Waals surface area contributed by atoms with E-state index in [0.29, 0.717) is 11.3 Å². The number of aromatic nitrogens is 3. The second kappa shape index (κ2) is 5.83. The Morgan fingerprint density at radius 3 is 2.57 bits per heavy atom. The van der Waals surface area contributed by atoms with Crippen LogP contribution in [-0.2, 0) is 0 Å². The number of nitrogens with zero attached hydrogens (tertiary/aromatic N) is 3. The number of hydrogen-bond donors (Lipinski definition) is 1. The lowest BCUT2D eigenvalue weighted by atomic mass is 10.1. The largest absolute Gasteiger partial charge is 0.344 e. The third kappa shape index (κ3) is 2.95. The SMILES string of the molecule is Cc1ccc([C@@H](C)NC(=O)c2ncn3c(C)cc(C)nc23)cc1. The second-order valence-corrected chi connectivity index (χ2v) is 5.93. The number of fused-ring (bicyclic) bond motifs is 1. The van der Waals surface area contributed by atoms with E-state index in [1.165, 1.54) is 5.56 Å². The zero-order chi connectivity index (χ0) is 16.6. The number of amides is 1. The highest BCUT2D eigenvalue weighted by Gasteiger charge is 2.18. The predicted molar refractivity (Wildman–Crippen MR) is 89.5 cm³/mol. The zero-order valence-corrected chi connectivity index (χ0v) is 13.8. The van der Waals surface area contributed by atoms with Crippen LogP contribution in [0.5, 0.6) is 0 Å². The van der Waals surface area contributed by atoms with Gasteiger partial charge in [0.2, 0.25) is 0 Å². The van der Waals surface area contributed by atoms with Crippen LogP contribution in [0.1, 0.15) is 46.0 Å². The number of carbonyl (C=O) groups excluding carboxylic acids is 1. The number of nitrogens with one attached hydrogen (secondary N) is 1. The molecule has 0 unspecified atom stereocenters. The third-order valence-corrected chi connectivity index (χ3v) is 3.96. The van der Waals surface area contributed by atoms with E-state index in [-0.39, 0.29) is 11.9 Å². The summed E-state index contributed by atoms with van der Waals surface area (Å²) in [6.07, 6.45) is 1.64. The molecule has 3 aromatic rings. The van der Waals surface area contributed by atoms with Crippen molar-refractivity contribution >= 4 is 11.6 Å². The molecular formula is C18H20N4O. The van der Waals surface area contributed by atoms with Gasteiger partial charge < -0.3 is 5.32 Å². The van der Waals surface area contributed by atoms with Gasteiger partial charge in [-0.1, -0.05) is 29.8 Å². The number of hydrogen-bond acceptors (Lipinski definition) is 3. The van der Waals surface area contributed by atoms with Crippen molar-refractivity contribution in [3.05, 3.63) is 64.9 Å². The molecular weight excluding hydrogens is 288 g/mol. The van der Waals surface area contributed by atoms with Gasteiger partial charge in [-0.05, 0) is 39.3 Å². The molecule has 3 rings (SSSR count). The lowest BCUT2D eigenvalue weighted by Gasteiger charge is -2.14. The predicted octanol–water partition coefficient (Wildman–Crippen LogP) is 3.15. The van der Waals surface area contributed by atoms with E-state index in [4.69, 9.17) is 0 Å². The minimum Gasteiger partial charge on any atom is -0.344 e. The van der Waals surface area contributed by atoms with Gasteiger partial charge in [0.25, 0.3) is 5.91 Å². The Labute approximate surface area is 135 Å². The fourth-order valence-corrected chi connectivity index (χ4v) is 2.64. The lowest BCUT2D eigenvalue weighted by molar-refractivity contribution is 0.0937. The summed E-state index contributed by atoms with van der Waals surface area (Å²) < 4.78 is 1.83. The Balaban J connectivity index is 1.87. The molecule has 1 aromatic carbocycles. The van der Waals surface area contributed by atoms with Crippen molar-refractivity contribution in [1.82, 2.24) is 19.7 Å². The van der Waals surface area contributed by atoms with E-state index in [2.05, 4.69) is 15.3 Å². The van der Waals surface area contributed by atoms with E-state index in [1.807, 2.05) is 62.4 Å². The summed E-state index contributed by atoms with van der Waals surface area (Å²) in [5.41, 5.74) is 5.09. The van der Waals surface area contributed by atoms with Gasteiger partial charge in [-0.15, -0.1) is 0 Å². The van der Waals surface area contributed by atoms with Crippen LogP contribution >= 0.6 is 0 Å². The minimum absolute atomic E-state index is 0.0919. The normalized spacial score (nSPS) is 12.3. The summed E-state index contributed by atoms with van der Waals surface area (Å²) in [6, 6.07) is 10.0. The molecule has 0 bridgehead atoms.